The van der Waals surface area contributed by atoms with Crippen molar-refractivity contribution >= 4 is 17.6 Å². The Morgan fingerprint density at radius 3 is 3.00 bits per heavy atom. The van der Waals surface area contributed by atoms with Crippen molar-refractivity contribution in [3.05, 3.63) is 34.3 Å². The largest absolute Gasteiger partial charge is 0.479 e. The van der Waals surface area contributed by atoms with E-state index in [0.29, 0.717) is 23.4 Å². The maximum absolute atomic E-state index is 13.4. The molecule has 0 saturated carbocycles. The summed E-state index contributed by atoms with van der Waals surface area (Å²) < 4.78 is 13.4. The molecule has 2 rings (SSSR count). The van der Waals surface area contributed by atoms with Crippen molar-refractivity contribution in [3.63, 3.8) is 0 Å². The van der Waals surface area contributed by atoms with Gasteiger partial charge in [0.05, 0.1) is 0 Å². The fraction of sp³-hybridized carbons (Fsp3) is 0.364. The highest BCUT2D eigenvalue weighted by Crippen LogP contribution is 2.40. The van der Waals surface area contributed by atoms with Crippen molar-refractivity contribution in [2.45, 2.75) is 24.9 Å². The molecule has 0 saturated heterocycles. The zero-order valence-electron chi connectivity index (χ0n) is 7.91. The number of aryl methyl sites for hydroxylation is 1. The molecule has 0 aliphatic heterocycles. The number of rotatable bonds is 2. The first-order valence-electron chi connectivity index (χ1n) is 4.75. The van der Waals surface area contributed by atoms with Crippen LogP contribution in [0.1, 0.15) is 23.5 Å². The van der Waals surface area contributed by atoms with Crippen LogP contribution < -0.4 is 0 Å². The molecule has 2 nitrogen and oxygen atoms in total. The lowest BCUT2D eigenvalue weighted by Crippen LogP contribution is -2.22. The summed E-state index contributed by atoms with van der Waals surface area (Å²) >= 11 is 5.95. The smallest absolute Gasteiger partial charge is 0.338 e. The minimum Gasteiger partial charge on any atom is -0.479 e. The van der Waals surface area contributed by atoms with Crippen molar-refractivity contribution in [3.8, 4) is 0 Å². The molecule has 0 spiro atoms. The molecule has 4 heteroatoms. The molecule has 15 heavy (non-hydrogen) atoms. The van der Waals surface area contributed by atoms with E-state index in [2.05, 4.69) is 0 Å². The summed E-state index contributed by atoms with van der Waals surface area (Å²) in [5, 5.41) is 9.11. The number of hydrogen-bond acceptors (Lipinski definition) is 1. The van der Waals surface area contributed by atoms with Gasteiger partial charge in [0.1, 0.15) is 0 Å². The van der Waals surface area contributed by atoms with Gasteiger partial charge in [0, 0.05) is 10.9 Å². The Hall–Kier alpha value is -1.09. The van der Waals surface area contributed by atoms with Gasteiger partial charge in [0.2, 0.25) is 6.17 Å². The Morgan fingerprint density at radius 1 is 1.60 bits per heavy atom. The SMILES string of the molecule is O=C(O)C(F)C1CCc2cccc(Cl)c21. The summed E-state index contributed by atoms with van der Waals surface area (Å²) in [4.78, 5) is 10.6. The van der Waals surface area contributed by atoms with E-state index in [1.54, 1.807) is 12.1 Å². The van der Waals surface area contributed by atoms with Crippen molar-refractivity contribution in [1.29, 1.82) is 0 Å². The number of benzene rings is 1. The molecule has 0 aromatic heterocycles. The number of hydrogen-bond donors (Lipinski definition) is 1. The summed E-state index contributed by atoms with van der Waals surface area (Å²) in [6, 6.07) is 5.35. The highest BCUT2D eigenvalue weighted by Gasteiger charge is 2.35. The Labute approximate surface area is 91.7 Å². The standard InChI is InChI=1S/C11H10ClFO2/c12-8-3-1-2-6-4-5-7(9(6)8)10(13)11(14)15/h1-3,7,10H,4-5H2,(H,14,15). The Bertz CT molecular complexity index is 406. The summed E-state index contributed by atoms with van der Waals surface area (Å²) in [7, 11) is 0. The van der Waals surface area contributed by atoms with Crippen molar-refractivity contribution in [1.82, 2.24) is 0 Å². The van der Waals surface area contributed by atoms with Crippen molar-refractivity contribution in [2.24, 2.45) is 0 Å². The average molecular weight is 229 g/mol. The average Bonchev–Trinajstić information content (AvgIpc) is 2.61. The Kier molecular flexibility index (Phi) is 2.65. The van der Waals surface area contributed by atoms with E-state index in [-0.39, 0.29) is 0 Å². The van der Waals surface area contributed by atoms with Crippen LogP contribution in [0.4, 0.5) is 4.39 Å². The highest BCUT2D eigenvalue weighted by molar-refractivity contribution is 6.31. The first-order valence-corrected chi connectivity index (χ1v) is 5.13. The predicted octanol–water partition coefficient (Wildman–Crippen LogP) is 2.79. The number of carboxylic acids is 1. The van der Waals surface area contributed by atoms with Gasteiger partial charge < -0.3 is 5.11 Å². The van der Waals surface area contributed by atoms with Crippen LogP contribution in [0, 0.1) is 0 Å². The lowest BCUT2D eigenvalue weighted by Gasteiger charge is -2.14. The highest BCUT2D eigenvalue weighted by atomic mass is 35.5. The van der Waals surface area contributed by atoms with Gasteiger partial charge in [0.25, 0.3) is 0 Å². The lowest BCUT2D eigenvalue weighted by molar-refractivity contribution is -0.143. The number of alkyl halides is 1. The quantitative estimate of drug-likeness (QED) is 0.845. The Morgan fingerprint density at radius 2 is 2.33 bits per heavy atom. The second kappa shape index (κ2) is 3.81. The van der Waals surface area contributed by atoms with E-state index in [1.165, 1.54) is 0 Å². The van der Waals surface area contributed by atoms with E-state index in [9.17, 15) is 9.18 Å². The number of carboxylic acid groups (broad SMARTS) is 1. The van der Waals surface area contributed by atoms with Crippen LogP contribution in [0.3, 0.4) is 0 Å². The van der Waals surface area contributed by atoms with Gasteiger partial charge in [-0.1, -0.05) is 23.7 Å². The molecule has 0 fully saturated rings. The summed E-state index contributed by atoms with van der Waals surface area (Å²) in [6.45, 7) is 0. The predicted molar refractivity (Wildman–Crippen MR) is 55.0 cm³/mol. The minimum atomic E-state index is -1.86. The van der Waals surface area contributed by atoms with Gasteiger partial charge in [-0.2, -0.15) is 0 Å². The second-order valence-corrected chi connectivity index (χ2v) is 4.11. The maximum atomic E-state index is 13.4. The summed E-state index contributed by atoms with van der Waals surface area (Å²) in [5.41, 5.74) is 1.64. The third kappa shape index (κ3) is 1.72. The molecule has 1 aromatic carbocycles. The number of carbonyl (C=O) groups is 1. The van der Waals surface area contributed by atoms with Crippen molar-refractivity contribution in [2.75, 3.05) is 0 Å². The van der Waals surface area contributed by atoms with Gasteiger partial charge in [-0.15, -0.1) is 0 Å². The molecular weight excluding hydrogens is 219 g/mol. The van der Waals surface area contributed by atoms with E-state index in [4.69, 9.17) is 16.7 Å². The van der Waals surface area contributed by atoms with Crippen LogP contribution in [-0.2, 0) is 11.2 Å². The van der Waals surface area contributed by atoms with Gasteiger partial charge in [0.15, 0.2) is 0 Å². The molecule has 0 bridgehead atoms. The third-order valence-electron chi connectivity index (χ3n) is 2.83. The molecule has 1 N–H and O–H groups in total. The maximum Gasteiger partial charge on any atom is 0.338 e. The number of fused-ring (bicyclic) bond motifs is 1. The molecule has 1 aliphatic carbocycles. The number of halogens is 2. The van der Waals surface area contributed by atoms with Gasteiger partial charge in [-0.3, -0.25) is 0 Å². The minimum absolute atomic E-state index is 0.471. The van der Waals surface area contributed by atoms with Crippen LogP contribution >= 0.6 is 11.6 Å². The van der Waals surface area contributed by atoms with Crippen LogP contribution in [0.25, 0.3) is 0 Å². The molecule has 1 aromatic rings. The monoisotopic (exact) mass is 228 g/mol. The van der Waals surface area contributed by atoms with Gasteiger partial charge >= 0.3 is 5.97 Å². The summed E-state index contributed by atoms with van der Waals surface area (Å²) in [6.07, 6.45) is -0.632. The molecular formula is C11H10ClFO2. The van der Waals surface area contributed by atoms with Crippen molar-refractivity contribution < 1.29 is 14.3 Å². The molecule has 80 valence electrons. The first kappa shape index (κ1) is 10.4. The van der Waals surface area contributed by atoms with E-state index in [0.717, 1.165) is 5.56 Å². The third-order valence-corrected chi connectivity index (χ3v) is 3.16. The fourth-order valence-electron chi connectivity index (χ4n) is 2.14. The number of aliphatic carboxylic acids is 1. The molecule has 2 atom stereocenters. The summed E-state index contributed by atoms with van der Waals surface area (Å²) in [5.74, 6) is -2.00. The molecule has 2 unspecified atom stereocenters. The normalized spacial score (nSPS) is 21.1. The van der Waals surface area contributed by atoms with Crippen LogP contribution in [0.5, 0.6) is 0 Å². The first-order chi connectivity index (χ1) is 7.11. The van der Waals surface area contributed by atoms with E-state index in [1.807, 2.05) is 6.07 Å². The van der Waals surface area contributed by atoms with E-state index < -0.39 is 18.1 Å². The topological polar surface area (TPSA) is 37.3 Å². The second-order valence-electron chi connectivity index (χ2n) is 3.70. The molecule has 1 aliphatic rings. The Balaban J connectivity index is 2.39. The van der Waals surface area contributed by atoms with Gasteiger partial charge in [-0.05, 0) is 30.0 Å². The lowest BCUT2D eigenvalue weighted by atomic mass is 9.96. The van der Waals surface area contributed by atoms with Gasteiger partial charge in [-0.25, -0.2) is 9.18 Å². The van der Waals surface area contributed by atoms with Crippen LogP contribution in [0.2, 0.25) is 5.02 Å². The molecule has 0 radical (unpaired) electrons. The molecule has 0 amide bonds. The fourth-order valence-corrected chi connectivity index (χ4v) is 2.47. The van der Waals surface area contributed by atoms with Crippen LogP contribution in [-0.4, -0.2) is 17.2 Å². The van der Waals surface area contributed by atoms with E-state index >= 15 is 0 Å². The zero-order valence-corrected chi connectivity index (χ0v) is 8.67. The molecule has 0 heterocycles. The van der Waals surface area contributed by atoms with Crippen LogP contribution in [0.15, 0.2) is 18.2 Å². The zero-order chi connectivity index (χ0) is 11.0.